The largest absolute Gasteiger partial charge is 0.350 e. The van der Waals surface area contributed by atoms with Gasteiger partial charge in [-0.2, -0.15) is 5.10 Å². The highest BCUT2D eigenvalue weighted by Crippen LogP contribution is 2.13. The van der Waals surface area contributed by atoms with Crippen molar-refractivity contribution in [3.8, 4) is 0 Å². The Balaban J connectivity index is 2.89. The van der Waals surface area contributed by atoms with Gasteiger partial charge in [-0.1, -0.05) is 0 Å². The van der Waals surface area contributed by atoms with Gasteiger partial charge in [0.05, 0.1) is 5.71 Å². The molecule has 0 saturated carbocycles. The number of amides is 3. The first kappa shape index (κ1) is 8.00. The third-order valence-electron chi connectivity index (χ3n) is 1.26. The van der Waals surface area contributed by atoms with Crippen LogP contribution >= 0.6 is 11.6 Å². The molecule has 11 heavy (non-hydrogen) atoms. The van der Waals surface area contributed by atoms with Crippen LogP contribution < -0.4 is 5.73 Å². The monoisotopic (exact) mass is 175 g/mol. The van der Waals surface area contributed by atoms with Crippen LogP contribution in [0.25, 0.3) is 0 Å². The average molecular weight is 176 g/mol. The molecule has 0 spiro atoms. The number of hydrazone groups is 1. The number of hydrogen-bond acceptors (Lipinski definition) is 3. The van der Waals surface area contributed by atoms with E-state index in [1.807, 2.05) is 0 Å². The van der Waals surface area contributed by atoms with Gasteiger partial charge in [0.15, 0.2) is 5.38 Å². The predicted octanol–water partition coefficient (Wildman–Crippen LogP) is -0.109. The van der Waals surface area contributed by atoms with Gasteiger partial charge >= 0.3 is 6.03 Å². The minimum atomic E-state index is -0.905. The van der Waals surface area contributed by atoms with Crippen LogP contribution in [0.2, 0.25) is 0 Å². The maximum absolute atomic E-state index is 10.9. The highest BCUT2D eigenvalue weighted by atomic mass is 35.5. The van der Waals surface area contributed by atoms with Gasteiger partial charge < -0.3 is 5.73 Å². The van der Waals surface area contributed by atoms with E-state index in [-0.39, 0.29) is 0 Å². The minimum absolute atomic E-state index is 0.385. The zero-order valence-corrected chi connectivity index (χ0v) is 6.50. The van der Waals surface area contributed by atoms with E-state index in [1.165, 1.54) is 0 Å². The Hall–Kier alpha value is -1.10. The number of alkyl halides is 1. The Morgan fingerprint density at radius 1 is 1.82 bits per heavy atom. The van der Waals surface area contributed by atoms with E-state index in [9.17, 15) is 9.59 Å². The van der Waals surface area contributed by atoms with Crippen molar-refractivity contribution >= 4 is 29.3 Å². The number of primary amides is 1. The molecule has 1 aliphatic rings. The number of carbonyl (C=O) groups excluding carboxylic acids is 2. The van der Waals surface area contributed by atoms with Crippen molar-refractivity contribution < 1.29 is 9.59 Å². The van der Waals surface area contributed by atoms with E-state index in [1.54, 1.807) is 6.92 Å². The smallest absolute Gasteiger partial charge is 0.342 e. The van der Waals surface area contributed by atoms with Crippen LogP contribution in [0.5, 0.6) is 0 Å². The predicted molar refractivity (Wildman–Crippen MR) is 39.2 cm³/mol. The Bertz CT molecular complexity index is 250. The second-order valence-corrected chi connectivity index (χ2v) is 2.53. The maximum Gasteiger partial charge on any atom is 0.342 e. The Morgan fingerprint density at radius 2 is 2.36 bits per heavy atom. The Labute approximate surface area is 67.8 Å². The number of halogens is 1. The summed E-state index contributed by atoms with van der Waals surface area (Å²) in [5, 5.41) is 3.26. The van der Waals surface area contributed by atoms with Gasteiger partial charge in [-0.05, 0) is 6.92 Å². The van der Waals surface area contributed by atoms with E-state index in [4.69, 9.17) is 17.3 Å². The fourth-order valence-electron chi connectivity index (χ4n) is 0.702. The van der Waals surface area contributed by atoms with Gasteiger partial charge in [0.25, 0.3) is 5.91 Å². The first-order valence-electron chi connectivity index (χ1n) is 2.86. The molecule has 3 amide bonds. The van der Waals surface area contributed by atoms with Crippen molar-refractivity contribution in [1.82, 2.24) is 5.01 Å². The summed E-state index contributed by atoms with van der Waals surface area (Å²) in [5.41, 5.74) is 5.20. The fraction of sp³-hybridized carbons (Fsp3) is 0.400. The molecule has 1 heterocycles. The number of carbonyl (C=O) groups is 2. The van der Waals surface area contributed by atoms with E-state index < -0.39 is 17.3 Å². The quantitative estimate of drug-likeness (QED) is 0.522. The van der Waals surface area contributed by atoms with E-state index in [0.717, 1.165) is 0 Å². The van der Waals surface area contributed by atoms with Gasteiger partial charge in [-0.3, -0.25) is 4.79 Å². The molecule has 0 radical (unpaired) electrons. The first-order chi connectivity index (χ1) is 5.04. The van der Waals surface area contributed by atoms with Crippen LogP contribution in [-0.4, -0.2) is 28.0 Å². The summed E-state index contributed by atoms with van der Waals surface area (Å²) in [6.07, 6.45) is 0. The average Bonchev–Trinajstić information content (AvgIpc) is 2.17. The molecular weight excluding hydrogens is 170 g/mol. The normalized spacial score (nSPS) is 23.8. The number of nitrogens with zero attached hydrogens (tertiary/aromatic N) is 2. The second kappa shape index (κ2) is 2.50. The van der Waals surface area contributed by atoms with Gasteiger partial charge in [-0.25, -0.2) is 4.79 Å². The maximum atomic E-state index is 10.9. The lowest BCUT2D eigenvalue weighted by Gasteiger charge is -2.04. The lowest BCUT2D eigenvalue weighted by molar-refractivity contribution is -0.125. The third-order valence-corrected chi connectivity index (χ3v) is 1.76. The molecule has 0 aromatic carbocycles. The zero-order valence-electron chi connectivity index (χ0n) is 5.74. The highest BCUT2D eigenvalue weighted by molar-refractivity contribution is 6.44. The molecule has 0 aliphatic carbocycles. The summed E-state index contributed by atoms with van der Waals surface area (Å²) in [5.74, 6) is -0.586. The number of hydrogen-bond donors (Lipinski definition) is 1. The number of nitrogens with two attached hydrogens (primary N) is 1. The Morgan fingerprint density at radius 3 is 2.55 bits per heavy atom. The lowest BCUT2D eigenvalue weighted by Crippen LogP contribution is -2.36. The van der Waals surface area contributed by atoms with Gasteiger partial charge in [0, 0.05) is 0 Å². The topological polar surface area (TPSA) is 75.8 Å². The molecule has 2 N–H and O–H groups in total. The highest BCUT2D eigenvalue weighted by Gasteiger charge is 2.34. The summed E-state index contributed by atoms with van der Waals surface area (Å²) < 4.78 is 0. The molecule has 5 nitrogen and oxygen atoms in total. The number of rotatable bonds is 0. The molecule has 0 bridgehead atoms. The molecule has 1 unspecified atom stereocenters. The van der Waals surface area contributed by atoms with Crippen molar-refractivity contribution in [2.75, 3.05) is 0 Å². The van der Waals surface area contributed by atoms with Crippen LogP contribution in [-0.2, 0) is 4.79 Å². The molecule has 1 atom stereocenters. The van der Waals surface area contributed by atoms with Crippen LogP contribution in [0.3, 0.4) is 0 Å². The standard InChI is InChI=1S/C5H6ClN3O2/c1-2-3(6)4(10)9(8-2)5(7)11/h3H,1H3,(H2,7,11). The van der Waals surface area contributed by atoms with Gasteiger partial charge in [-0.15, -0.1) is 16.6 Å². The van der Waals surface area contributed by atoms with Gasteiger partial charge in [0.2, 0.25) is 0 Å². The first-order valence-corrected chi connectivity index (χ1v) is 3.30. The molecule has 0 aromatic heterocycles. The fourth-order valence-corrected chi connectivity index (χ4v) is 0.838. The van der Waals surface area contributed by atoms with Crippen molar-refractivity contribution in [3.05, 3.63) is 0 Å². The summed E-state index contributed by atoms with van der Waals surface area (Å²) >= 11 is 5.52. The summed E-state index contributed by atoms with van der Waals surface area (Å²) in [7, 11) is 0. The molecule has 1 rings (SSSR count). The van der Waals surface area contributed by atoms with E-state index in [0.29, 0.717) is 10.7 Å². The third kappa shape index (κ3) is 1.19. The molecule has 0 saturated heterocycles. The van der Waals surface area contributed by atoms with Crippen LogP contribution in [0.4, 0.5) is 4.79 Å². The summed E-state index contributed by atoms with van der Waals surface area (Å²) in [6, 6.07) is -0.905. The second-order valence-electron chi connectivity index (χ2n) is 2.09. The molecule has 6 heteroatoms. The number of imide groups is 1. The molecule has 60 valence electrons. The van der Waals surface area contributed by atoms with E-state index >= 15 is 0 Å². The lowest BCUT2D eigenvalue weighted by atomic mass is 10.3. The van der Waals surface area contributed by atoms with E-state index in [2.05, 4.69) is 5.10 Å². The minimum Gasteiger partial charge on any atom is -0.350 e. The van der Waals surface area contributed by atoms with Crippen molar-refractivity contribution in [2.24, 2.45) is 10.8 Å². The van der Waals surface area contributed by atoms with Crippen molar-refractivity contribution in [2.45, 2.75) is 12.3 Å². The van der Waals surface area contributed by atoms with Crippen molar-refractivity contribution in [3.63, 3.8) is 0 Å². The zero-order chi connectivity index (χ0) is 8.59. The molecule has 1 aliphatic heterocycles. The number of urea groups is 1. The summed E-state index contributed by atoms with van der Waals surface area (Å²) in [6.45, 7) is 1.55. The molecular formula is C5H6ClN3O2. The van der Waals surface area contributed by atoms with Gasteiger partial charge in [0.1, 0.15) is 0 Å². The van der Waals surface area contributed by atoms with Crippen molar-refractivity contribution in [1.29, 1.82) is 0 Å². The van der Waals surface area contributed by atoms with Crippen LogP contribution in [0, 0.1) is 0 Å². The van der Waals surface area contributed by atoms with Crippen LogP contribution in [0.15, 0.2) is 5.10 Å². The molecule has 0 aromatic rings. The molecule has 0 fully saturated rings. The SMILES string of the molecule is CC1=NN(C(N)=O)C(=O)C1Cl. The summed E-state index contributed by atoms with van der Waals surface area (Å²) in [4.78, 5) is 21.4. The Kier molecular flexibility index (Phi) is 1.82. The van der Waals surface area contributed by atoms with Crippen LogP contribution in [0.1, 0.15) is 6.92 Å².